The summed E-state index contributed by atoms with van der Waals surface area (Å²) in [7, 11) is 0. The lowest BCUT2D eigenvalue weighted by molar-refractivity contribution is -0.137. The van der Waals surface area contributed by atoms with Crippen LogP contribution in [-0.4, -0.2) is 33.6 Å². The number of aromatic nitrogens is 2. The molecule has 0 spiro atoms. The maximum atomic E-state index is 13.1. The molecule has 6 heteroatoms. The van der Waals surface area contributed by atoms with Gasteiger partial charge in [-0.1, -0.05) is 60.3 Å². The first-order valence-corrected chi connectivity index (χ1v) is 11.0. The smallest absolute Gasteiger partial charge is 0.261 e. The molecule has 1 fully saturated rings. The topological polar surface area (TPSA) is 68.5 Å². The van der Waals surface area contributed by atoms with E-state index in [0.29, 0.717) is 24.0 Å². The minimum Gasteiger partial charge on any atom is -0.484 e. The van der Waals surface area contributed by atoms with Gasteiger partial charge in [-0.25, -0.2) is 0 Å². The summed E-state index contributed by atoms with van der Waals surface area (Å²) >= 11 is 0. The van der Waals surface area contributed by atoms with E-state index in [1.54, 1.807) is 0 Å². The molecule has 1 amide bonds. The molecule has 1 aliphatic rings. The summed E-state index contributed by atoms with van der Waals surface area (Å²) in [4.78, 5) is 19.6. The average Bonchev–Trinajstić information content (AvgIpc) is 3.25. The molecule has 0 N–H and O–H groups in total. The monoisotopic (exact) mass is 419 g/mol. The summed E-state index contributed by atoms with van der Waals surface area (Å²) in [6, 6.07) is 15.9. The highest BCUT2D eigenvalue weighted by Gasteiger charge is 2.28. The number of aryl methyl sites for hydroxylation is 2. The summed E-state index contributed by atoms with van der Waals surface area (Å²) in [5.74, 6) is 1.65. The minimum absolute atomic E-state index is 0.00116. The summed E-state index contributed by atoms with van der Waals surface area (Å²) in [6.07, 6.45) is 5.47. The van der Waals surface area contributed by atoms with Crippen molar-refractivity contribution in [1.82, 2.24) is 15.0 Å². The van der Waals surface area contributed by atoms with Crippen LogP contribution in [0.25, 0.3) is 11.4 Å². The second-order valence-corrected chi connectivity index (χ2v) is 8.30. The lowest BCUT2D eigenvalue weighted by Gasteiger charge is -2.33. The molecular weight excluding hydrogens is 390 g/mol. The predicted octanol–water partition coefficient (Wildman–Crippen LogP) is 5.09. The Bertz CT molecular complexity index is 1020. The van der Waals surface area contributed by atoms with E-state index in [2.05, 4.69) is 10.1 Å². The van der Waals surface area contributed by atoms with Crippen LogP contribution in [0.4, 0.5) is 0 Å². The van der Waals surface area contributed by atoms with Gasteiger partial charge < -0.3 is 14.2 Å². The molecule has 1 saturated carbocycles. The Morgan fingerprint density at radius 1 is 1.06 bits per heavy atom. The molecule has 1 aliphatic carbocycles. The van der Waals surface area contributed by atoms with Crippen LogP contribution in [0, 0.1) is 13.8 Å². The third kappa shape index (κ3) is 5.51. The van der Waals surface area contributed by atoms with Crippen molar-refractivity contribution in [3.8, 4) is 17.1 Å². The third-order valence-corrected chi connectivity index (χ3v) is 5.74. The number of hydrogen-bond acceptors (Lipinski definition) is 5. The molecule has 4 rings (SSSR count). The zero-order valence-corrected chi connectivity index (χ0v) is 18.2. The van der Waals surface area contributed by atoms with Crippen molar-refractivity contribution in [3.05, 3.63) is 65.5 Å². The first kappa shape index (κ1) is 21.1. The summed E-state index contributed by atoms with van der Waals surface area (Å²) in [5, 5.41) is 4.13. The van der Waals surface area contributed by atoms with Gasteiger partial charge in [-0.15, -0.1) is 0 Å². The van der Waals surface area contributed by atoms with Crippen LogP contribution in [0.1, 0.15) is 49.1 Å². The predicted molar refractivity (Wildman–Crippen MR) is 119 cm³/mol. The Labute approximate surface area is 183 Å². The molecule has 0 bridgehead atoms. The number of ether oxygens (including phenoxy) is 1. The molecule has 0 radical (unpaired) electrons. The largest absolute Gasteiger partial charge is 0.484 e. The van der Waals surface area contributed by atoms with Crippen molar-refractivity contribution >= 4 is 5.91 Å². The van der Waals surface area contributed by atoms with Crippen molar-refractivity contribution in [2.24, 2.45) is 0 Å². The summed E-state index contributed by atoms with van der Waals surface area (Å²) in [5.41, 5.74) is 3.15. The molecule has 2 aromatic carbocycles. The van der Waals surface area contributed by atoms with Gasteiger partial charge in [-0.05, 0) is 50.5 Å². The van der Waals surface area contributed by atoms with Gasteiger partial charge >= 0.3 is 0 Å². The van der Waals surface area contributed by atoms with Crippen molar-refractivity contribution in [2.75, 3.05) is 6.61 Å². The molecule has 0 unspecified atom stereocenters. The van der Waals surface area contributed by atoms with Gasteiger partial charge in [-0.2, -0.15) is 4.98 Å². The first-order chi connectivity index (χ1) is 15.1. The van der Waals surface area contributed by atoms with Crippen molar-refractivity contribution < 1.29 is 14.1 Å². The summed E-state index contributed by atoms with van der Waals surface area (Å²) < 4.78 is 11.3. The number of nitrogens with zero attached hydrogens (tertiary/aromatic N) is 3. The number of amides is 1. The van der Waals surface area contributed by atoms with E-state index >= 15 is 0 Å². The average molecular weight is 420 g/mol. The molecule has 1 aromatic heterocycles. The highest BCUT2D eigenvalue weighted by molar-refractivity contribution is 5.78. The van der Waals surface area contributed by atoms with Gasteiger partial charge in [0, 0.05) is 11.6 Å². The van der Waals surface area contributed by atoms with Crippen LogP contribution in [0.5, 0.6) is 5.75 Å². The fourth-order valence-corrected chi connectivity index (χ4v) is 4.11. The molecule has 1 heterocycles. The summed E-state index contributed by atoms with van der Waals surface area (Å²) in [6.45, 7) is 4.34. The number of carbonyl (C=O) groups is 1. The highest BCUT2D eigenvalue weighted by atomic mass is 16.5. The fraction of sp³-hybridized carbons (Fsp3) is 0.400. The zero-order valence-electron chi connectivity index (χ0n) is 18.2. The number of hydrogen-bond donors (Lipinski definition) is 0. The molecule has 0 saturated heterocycles. The van der Waals surface area contributed by atoms with Crippen molar-refractivity contribution in [1.29, 1.82) is 0 Å². The van der Waals surface area contributed by atoms with Crippen LogP contribution in [0.2, 0.25) is 0 Å². The Morgan fingerprint density at radius 3 is 2.55 bits per heavy atom. The Hall–Kier alpha value is -3.15. The fourth-order valence-electron chi connectivity index (χ4n) is 4.11. The molecular formula is C25H29N3O3. The Kier molecular flexibility index (Phi) is 6.65. The molecule has 0 aliphatic heterocycles. The maximum Gasteiger partial charge on any atom is 0.261 e. The van der Waals surface area contributed by atoms with E-state index < -0.39 is 0 Å². The van der Waals surface area contributed by atoms with E-state index in [1.165, 1.54) is 6.42 Å². The quantitative estimate of drug-likeness (QED) is 0.533. The van der Waals surface area contributed by atoms with Gasteiger partial charge in [0.1, 0.15) is 12.3 Å². The lowest BCUT2D eigenvalue weighted by atomic mass is 9.94. The molecule has 6 nitrogen and oxygen atoms in total. The maximum absolute atomic E-state index is 13.1. The van der Waals surface area contributed by atoms with Crippen molar-refractivity contribution in [3.63, 3.8) is 0 Å². The molecule has 3 aromatic rings. The Morgan fingerprint density at radius 2 is 1.81 bits per heavy atom. The van der Waals surface area contributed by atoms with Gasteiger partial charge in [0.2, 0.25) is 11.7 Å². The molecule has 162 valence electrons. The normalized spacial score (nSPS) is 14.4. The second-order valence-electron chi connectivity index (χ2n) is 8.30. The van der Waals surface area contributed by atoms with E-state index in [1.807, 2.05) is 67.3 Å². The van der Waals surface area contributed by atoms with Gasteiger partial charge in [0.15, 0.2) is 6.61 Å². The van der Waals surface area contributed by atoms with E-state index in [-0.39, 0.29) is 18.6 Å². The van der Waals surface area contributed by atoms with E-state index in [4.69, 9.17) is 9.26 Å². The highest BCUT2D eigenvalue weighted by Crippen LogP contribution is 2.25. The number of benzene rings is 2. The third-order valence-electron chi connectivity index (χ3n) is 5.74. The van der Waals surface area contributed by atoms with Crippen LogP contribution in [-0.2, 0) is 11.3 Å². The molecule has 31 heavy (non-hydrogen) atoms. The number of carbonyl (C=O) groups excluding carboxylic acids is 1. The SMILES string of the molecule is Cc1cccc(OCC(=O)N(Cc2nc(-c3cccc(C)c3)no2)C2CCCCC2)c1. The van der Waals surface area contributed by atoms with Gasteiger partial charge in [-0.3, -0.25) is 4.79 Å². The lowest BCUT2D eigenvalue weighted by Crippen LogP contribution is -2.43. The van der Waals surface area contributed by atoms with Crippen LogP contribution >= 0.6 is 0 Å². The first-order valence-electron chi connectivity index (χ1n) is 11.0. The van der Waals surface area contributed by atoms with E-state index in [0.717, 1.165) is 42.4 Å². The van der Waals surface area contributed by atoms with Gasteiger partial charge in [0.05, 0.1) is 0 Å². The van der Waals surface area contributed by atoms with Crippen LogP contribution in [0.3, 0.4) is 0 Å². The molecule has 0 atom stereocenters. The standard InChI is InChI=1S/C25H29N3O3/c1-18-8-6-10-20(14-18)25-26-23(31-27-25)16-28(21-11-4-3-5-12-21)24(29)17-30-22-13-7-9-19(2)15-22/h6-10,13-15,21H,3-5,11-12,16-17H2,1-2H3. The van der Waals surface area contributed by atoms with Crippen LogP contribution in [0.15, 0.2) is 53.1 Å². The van der Waals surface area contributed by atoms with E-state index in [9.17, 15) is 4.79 Å². The second kappa shape index (κ2) is 9.77. The number of rotatable bonds is 7. The minimum atomic E-state index is -0.0521. The van der Waals surface area contributed by atoms with Gasteiger partial charge in [0.25, 0.3) is 5.91 Å². The Balaban J connectivity index is 1.48. The van der Waals surface area contributed by atoms with Crippen LogP contribution < -0.4 is 4.74 Å². The van der Waals surface area contributed by atoms with Crippen molar-refractivity contribution in [2.45, 2.75) is 58.5 Å². The zero-order chi connectivity index (χ0) is 21.6.